The van der Waals surface area contributed by atoms with Gasteiger partial charge in [-0.15, -0.1) is 0 Å². The third kappa shape index (κ3) is 13.3. The molecule has 4 aliphatic rings. The molecule has 0 unspecified atom stereocenters. The summed E-state index contributed by atoms with van der Waals surface area (Å²) in [4.78, 5) is 13.0. The summed E-state index contributed by atoms with van der Waals surface area (Å²) in [7, 11) is 0. The van der Waals surface area contributed by atoms with Gasteiger partial charge in [0.2, 0.25) is 6.71 Å². The Morgan fingerprint density at radius 2 is 0.596 bits per heavy atom. The Morgan fingerprint density at radius 3 is 1.00 bits per heavy atom. The van der Waals surface area contributed by atoms with Crippen molar-refractivity contribution in [1.82, 2.24) is 0 Å². The third-order valence-electron chi connectivity index (χ3n) is 22.4. The number of ether oxygens (including phenoxy) is 1. The molecule has 0 amide bonds. The van der Waals surface area contributed by atoms with Crippen LogP contribution in [0, 0.1) is 0 Å². The molecule has 0 atom stereocenters. The first-order valence-corrected chi connectivity index (χ1v) is 39.7. The van der Waals surface area contributed by atoms with Gasteiger partial charge >= 0.3 is 0 Å². The number of hydrogen-bond acceptors (Lipinski definition) is 6. The Kier molecular flexibility index (Phi) is 17.5. The average molecular weight is 1410 g/mol. The zero-order valence-corrected chi connectivity index (χ0v) is 69.2. The van der Waals surface area contributed by atoms with Crippen molar-refractivity contribution >= 4 is 121 Å². The van der Waals surface area contributed by atoms with Crippen LogP contribution in [0.5, 0.6) is 11.5 Å². The van der Waals surface area contributed by atoms with Crippen LogP contribution in [0.25, 0.3) is 0 Å². The molecule has 4 heterocycles. The molecular formula is C96H111B2N3OS2. The van der Waals surface area contributed by atoms with E-state index in [0.717, 1.165) is 45.6 Å². The molecule has 0 aliphatic carbocycles. The smallest absolute Gasteiger partial charge is 0.252 e. The Labute approximate surface area is 634 Å². The zero-order valence-electron chi connectivity index (χ0n) is 67.5. The summed E-state index contributed by atoms with van der Waals surface area (Å²) in [6, 6.07) is 72.3. The van der Waals surface area contributed by atoms with Gasteiger partial charge in [-0.1, -0.05) is 295 Å². The van der Waals surface area contributed by atoms with E-state index in [2.05, 4.69) is 384 Å². The highest BCUT2D eigenvalue weighted by atomic mass is 32.2. The first-order chi connectivity index (χ1) is 48.2. The lowest BCUT2D eigenvalue weighted by Gasteiger charge is -2.48. The lowest BCUT2D eigenvalue weighted by molar-refractivity contribution is 0.482. The first-order valence-electron chi connectivity index (χ1n) is 38.1. The van der Waals surface area contributed by atoms with Crippen LogP contribution in [0.1, 0.15) is 237 Å². The quantitative estimate of drug-likeness (QED) is 0.147. The van der Waals surface area contributed by atoms with Gasteiger partial charge in [0.05, 0.1) is 0 Å². The first kappa shape index (κ1) is 73.1. The van der Waals surface area contributed by atoms with E-state index >= 15 is 0 Å². The Morgan fingerprint density at radius 1 is 0.260 bits per heavy atom. The molecule has 4 nitrogen and oxygen atoms in total. The second-order valence-electron chi connectivity index (χ2n) is 39.7. The number of nitrogens with zero attached hydrogens (tertiary/aromatic N) is 3. The van der Waals surface area contributed by atoms with E-state index in [4.69, 9.17) is 4.74 Å². The van der Waals surface area contributed by atoms with Crippen LogP contribution in [-0.2, 0) is 48.7 Å². The van der Waals surface area contributed by atoms with E-state index in [1.54, 1.807) is 0 Å². The van der Waals surface area contributed by atoms with Crippen molar-refractivity contribution in [2.24, 2.45) is 0 Å². The van der Waals surface area contributed by atoms with Crippen molar-refractivity contribution < 1.29 is 4.74 Å². The standard InChI is InChI=1S/C96H111B2N3OS2/c1-88(2,3)58-28-38-65(39-29-58)99-76-57-77-75(98-85-73(96(25,26)27)49-64(94(19,20)21)51-82(85)104-83-55-71(103-70-46-36-62(37-47-70)92(13,14)15)54-81(87(83)98)100(77)66-40-30-59(31-41-66)89(4,5)6)56-74(76)97-84-72(95(22,23)24)48-63(93(16,17)18)50-78(84)101(67-42-32-60(33-43-67)90(7,8)9)80-53-69(52-79(99)86(80)97)102-68-44-34-61(35-45-68)91(10,11)12/h28-57H,1-27H3. The van der Waals surface area contributed by atoms with Crippen molar-refractivity contribution in [2.45, 2.75) is 255 Å². The molecule has 0 saturated heterocycles. The normalized spacial score (nSPS) is 14.6. The molecular weight excluding hydrogens is 1300 g/mol. The Hall–Kier alpha value is -7.77. The number of rotatable bonds is 7. The van der Waals surface area contributed by atoms with Crippen molar-refractivity contribution in [1.29, 1.82) is 0 Å². The predicted octanol–water partition coefficient (Wildman–Crippen LogP) is 24.2. The third-order valence-corrected chi connectivity index (χ3v) is 24.5. The second kappa shape index (κ2) is 24.9. The minimum atomic E-state index is -0.276. The summed E-state index contributed by atoms with van der Waals surface area (Å²) >= 11 is 3.87. The number of anilines is 9. The van der Waals surface area contributed by atoms with Crippen molar-refractivity contribution in [2.75, 3.05) is 14.7 Å². The summed E-state index contributed by atoms with van der Waals surface area (Å²) in [6.45, 7) is 63.4. The van der Waals surface area contributed by atoms with Crippen LogP contribution in [0.3, 0.4) is 0 Å². The lowest BCUT2D eigenvalue weighted by atomic mass is 9.29. The zero-order chi connectivity index (χ0) is 75.0. The molecule has 10 aromatic rings. The number of hydrogen-bond donors (Lipinski definition) is 0. The minimum Gasteiger partial charge on any atom is -0.457 e. The van der Waals surface area contributed by atoms with Gasteiger partial charge in [-0.05, 0) is 217 Å². The molecule has 4 aliphatic heterocycles. The SMILES string of the molecule is CC(C)(C)c1ccc(Oc2cc3c4c(c2)N(c2ccc(C(C)(C)C)cc2)c2cc(C(C)(C)C)cc(C(C)(C)C)c2B4c2cc4c(cc2N3c2ccc(C(C)(C)C)cc2)N(c2ccc(C(C)(C)C)cc2)c2cc(Sc3ccc(C(C)(C)C)cc3)cc3c2B4c2c(cc(C(C)(C)C)cc2C(C)(C)C)S3)cc1. The average Bonchev–Trinajstić information content (AvgIpc) is 0.680. The maximum atomic E-state index is 7.44. The van der Waals surface area contributed by atoms with Gasteiger partial charge in [0.15, 0.2) is 0 Å². The van der Waals surface area contributed by atoms with E-state index in [0.29, 0.717) is 0 Å². The van der Waals surface area contributed by atoms with Gasteiger partial charge in [-0.25, -0.2) is 0 Å². The molecule has 534 valence electrons. The summed E-state index contributed by atoms with van der Waals surface area (Å²) in [6.07, 6.45) is 0. The summed E-state index contributed by atoms with van der Waals surface area (Å²) in [5.74, 6) is 1.58. The van der Waals surface area contributed by atoms with E-state index < -0.39 is 0 Å². The van der Waals surface area contributed by atoms with Crippen LogP contribution in [0.2, 0.25) is 0 Å². The fraction of sp³-hybridized carbons (Fsp3) is 0.375. The Balaban J connectivity index is 1.15. The number of benzene rings is 10. The maximum absolute atomic E-state index is 7.44. The highest BCUT2D eigenvalue weighted by molar-refractivity contribution is 8.00. The fourth-order valence-corrected chi connectivity index (χ4v) is 18.4. The molecule has 0 aromatic heterocycles. The van der Waals surface area contributed by atoms with E-state index in [9.17, 15) is 0 Å². The van der Waals surface area contributed by atoms with Crippen molar-refractivity contribution in [3.05, 3.63) is 232 Å². The minimum absolute atomic E-state index is 0.0204. The summed E-state index contributed by atoms with van der Waals surface area (Å²) in [5, 5.41) is 0. The molecule has 0 fully saturated rings. The van der Waals surface area contributed by atoms with Gasteiger partial charge in [0.25, 0.3) is 6.71 Å². The van der Waals surface area contributed by atoms with E-state index in [-0.39, 0.29) is 62.2 Å². The van der Waals surface area contributed by atoms with Crippen LogP contribution in [0.4, 0.5) is 51.2 Å². The molecule has 0 spiro atoms. The number of fused-ring (bicyclic) bond motifs is 8. The van der Waals surface area contributed by atoms with Gasteiger partial charge in [0.1, 0.15) is 11.5 Å². The van der Waals surface area contributed by atoms with Crippen LogP contribution in [-0.4, -0.2) is 13.4 Å². The summed E-state index contributed by atoms with van der Waals surface area (Å²) < 4.78 is 7.44. The molecule has 8 heteroatoms. The monoisotopic (exact) mass is 1410 g/mol. The molecule has 10 aromatic carbocycles. The van der Waals surface area contributed by atoms with Gasteiger partial charge in [-0.3, -0.25) is 0 Å². The Bertz CT molecular complexity index is 5020. The predicted molar refractivity (Wildman–Crippen MR) is 456 cm³/mol. The van der Waals surface area contributed by atoms with Gasteiger partial charge < -0.3 is 19.4 Å². The van der Waals surface area contributed by atoms with E-state index in [1.807, 2.05) is 23.5 Å². The lowest BCUT2D eigenvalue weighted by Crippen LogP contribution is -2.66. The highest BCUT2D eigenvalue weighted by Crippen LogP contribution is 2.53. The van der Waals surface area contributed by atoms with Gasteiger partial charge in [-0.2, -0.15) is 0 Å². The molecule has 0 radical (unpaired) electrons. The molecule has 104 heavy (non-hydrogen) atoms. The highest BCUT2D eigenvalue weighted by Gasteiger charge is 2.51. The maximum Gasteiger partial charge on any atom is 0.252 e. The second-order valence-corrected chi connectivity index (χ2v) is 41.9. The fourth-order valence-electron chi connectivity index (χ4n) is 16.1. The molecule has 0 bridgehead atoms. The molecule has 0 N–H and O–H groups in total. The topological polar surface area (TPSA) is 19.0 Å². The van der Waals surface area contributed by atoms with Crippen molar-refractivity contribution in [3.63, 3.8) is 0 Å². The van der Waals surface area contributed by atoms with E-state index in [1.165, 1.54) is 119 Å². The van der Waals surface area contributed by atoms with Crippen molar-refractivity contribution in [3.8, 4) is 11.5 Å². The van der Waals surface area contributed by atoms with Gasteiger partial charge in [0, 0.05) is 82.9 Å². The van der Waals surface area contributed by atoms with Crippen LogP contribution in [0.15, 0.2) is 202 Å². The largest absolute Gasteiger partial charge is 0.457 e. The van der Waals surface area contributed by atoms with Crippen LogP contribution >= 0.6 is 23.5 Å². The summed E-state index contributed by atoms with van der Waals surface area (Å²) in [5.41, 5.74) is 29.4. The molecule has 14 rings (SSSR count). The molecule has 0 saturated carbocycles. The van der Waals surface area contributed by atoms with Crippen LogP contribution < -0.4 is 52.2 Å².